The quantitative estimate of drug-likeness (QED) is 0.315. The van der Waals surface area contributed by atoms with E-state index < -0.39 is 12.0 Å². The van der Waals surface area contributed by atoms with Gasteiger partial charge < -0.3 is 24.2 Å². The Hall–Kier alpha value is -4.26. The molecule has 0 bridgehead atoms. The van der Waals surface area contributed by atoms with E-state index in [2.05, 4.69) is 16.8 Å². The van der Waals surface area contributed by atoms with Crippen LogP contribution >= 0.6 is 11.3 Å². The van der Waals surface area contributed by atoms with E-state index in [1.165, 1.54) is 11.3 Å². The lowest BCUT2D eigenvalue weighted by molar-refractivity contribution is -0.143. The van der Waals surface area contributed by atoms with Gasteiger partial charge in [0.2, 0.25) is 0 Å². The van der Waals surface area contributed by atoms with Crippen molar-refractivity contribution in [3.05, 3.63) is 90.6 Å². The predicted molar refractivity (Wildman–Crippen MR) is 196 cm³/mol. The van der Waals surface area contributed by atoms with Crippen molar-refractivity contribution in [2.45, 2.75) is 51.8 Å². The van der Waals surface area contributed by atoms with Crippen molar-refractivity contribution < 1.29 is 19.1 Å². The molecule has 6 rings (SSSR count). The molecule has 4 heterocycles. The highest BCUT2D eigenvalue weighted by atomic mass is 32.1. The van der Waals surface area contributed by atoms with E-state index in [-0.39, 0.29) is 24.2 Å². The molecule has 3 aliphatic rings. The number of piperidine rings is 1. The van der Waals surface area contributed by atoms with E-state index in [0.717, 1.165) is 68.9 Å². The van der Waals surface area contributed by atoms with Crippen LogP contribution in [0, 0.1) is 0 Å². The average Bonchev–Trinajstić information content (AvgIpc) is 3.40. The molecule has 1 aromatic heterocycles. The summed E-state index contributed by atoms with van der Waals surface area (Å²) in [5.74, 6) is 0.112. The molecule has 0 radical (unpaired) electrons. The van der Waals surface area contributed by atoms with Gasteiger partial charge in [0.15, 0.2) is 11.4 Å². The number of rotatable bonds is 9. The molecule has 3 aliphatic heterocycles. The van der Waals surface area contributed by atoms with Gasteiger partial charge >= 0.3 is 5.97 Å². The monoisotopic (exact) mass is 700 g/mol. The normalized spacial score (nSPS) is 19.4. The summed E-state index contributed by atoms with van der Waals surface area (Å²) in [6.45, 7) is 11.3. The Morgan fingerprint density at radius 2 is 1.64 bits per heavy atom. The van der Waals surface area contributed by atoms with Crippen LogP contribution in [0.25, 0.3) is 6.08 Å². The van der Waals surface area contributed by atoms with Crippen molar-refractivity contribution in [3.8, 4) is 5.75 Å². The largest absolute Gasteiger partial charge is 0.484 e. The lowest BCUT2D eigenvalue weighted by atomic mass is 9.95. The average molecular weight is 701 g/mol. The smallest absolute Gasteiger partial charge is 0.338 e. The molecule has 266 valence electrons. The number of aromatic nitrogens is 1. The zero-order chi connectivity index (χ0) is 35.5. The number of nitrogens with zero attached hydrogens (tertiary/aromatic N) is 6. The molecule has 1 amide bonds. The maximum absolute atomic E-state index is 14.0. The summed E-state index contributed by atoms with van der Waals surface area (Å²) in [7, 11) is 6.10. The minimum atomic E-state index is -0.679. The van der Waals surface area contributed by atoms with Crippen LogP contribution in [0.15, 0.2) is 69.6 Å². The number of likely N-dealkylation sites (N-methyl/N-ethyl adjacent to an activating group) is 1. The Balaban J connectivity index is 1.16. The molecule has 1 atom stereocenters. The summed E-state index contributed by atoms with van der Waals surface area (Å²) in [5, 5.41) is 0. The number of carbonyl (C=O) groups excluding carboxylic acids is 2. The van der Waals surface area contributed by atoms with Gasteiger partial charge in [-0.15, -0.1) is 0 Å². The topological polar surface area (TPSA) is 99.9 Å². The number of hydrogen-bond donors (Lipinski definition) is 0. The SMILES string of the molecule is CC1=C(C(=O)OC(C)C)C(c2ccc(N(C)C)cc2)n2c(s/c(=C\c3ccc(OCC(=O)N4CCC(N5CCN(C)CC5)CC4)cc3)c2=O)=N1. The number of allylic oxidation sites excluding steroid dienone is 1. The van der Waals surface area contributed by atoms with E-state index in [0.29, 0.717) is 32.4 Å². The van der Waals surface area contributed by atoms with Crippen molar-refractivity contribution >= 4 is 35.0 Å². The molecule has 2 saturated heterocycles. The zero-order valence-corrected chi connectivity index (χ0v) is 30.7. The van der Waals surface area contributed by atoms with Gasteiger partial charge in [0, 0.05) is 65.1 Å². The van der Waals surface area contributed by atoms with Gasteiger partial charge in [-0.1, -0.05) is 35.6 Å². The van der Waals surface area contributed by atoms with Gasteiger partial charge in [-0.05, 0) is 82.1 Å². The first-order valence-electron chi connectivity index (χ1n) is 17.4. The van der Waals surface area contributed by atoms with Crippen molar-refractivity contribution in [2.75, 3.05) is 71.9 Å². The number of ether oxygens (including phenoxy) is 2. The number of fused-ring (bicyclic) bond motifs is 1. The van der Waals surface area contributed by atoms with Gasteiger partial charge in [0.1, 0.15) is 5.75 Å². The molecule has 3 aromatic rings. The first kappa shape index (κ1) is 35.6. The fourth-order valence-corrected chi connectivity index (χ4v) is 7.89. The van der Waals surface area contributed by atoms with Crippen molar-refractivity contribution in [1.82, 2.24) is 19.3 Å². The van der Waals surface area contributed by atoms with E-state index in [1.807, 2.05) is 78.5 Å². The van der Waals surface area contributed by atoms with Crippen LogP contribution in [0.2, 0.25) is 0 Å². The van der Waals surface area contributed by atoms with Crippen molar-refractivity contribution in [3.63, 3.8) is 0 Å². The van der Waals surface area contributed by atoms with Gasteiger partial charge in [0.25, 0.3) is 11.5 Å². The number of esters is 1. The number of likely N-dealkylation sites (tertiary alicyclic amines) is 1. The highest BCUT2D eigenvalue weighted by Crippen LogP contribution is 2.32. The molecule has 0 N–H and O–H groups in total. The molecule has 11 nitrogen and oxygen atoms in total. The van der Waals surface area contributed by atoms with E-state index in [1.54, 1.807) is 25.3 Å². The third-order valence-corrected chi connectivity index (χ3v) is 10.7. The van der Waals surface area contributed by atoms with Crippen LogP contribution in [-0.4, -0.2) is 110 Å². The second-order valence-electron chi connectivity index (χ2n) is 13.8. The molecular weight excluding hydrogens is 653 g/mol. The number of carbonyl (C=O) groups is 2. The van der Waals surface area contributed by atoms with Crippen LogP contribution in [0.4, 0.5) is 5.69 Å². The molecule has 2 fully saturated rings. The second-order valence-corrected chi connectivity index (χ2v) is 14.8. The lowest BCUT2D eigenvalue weighted by Gasteiger charge is -2.42. The summed E-state index contributed by atoms with van der Waals surface area (Å²) in [5.41, 5.74) is 3.25. The maximum atomic E-state index is 14.0. The van der Waals surface area contributed by atoms with E-state index in [4.69, 9.17) is 14.5 Å². The number of amides is 1. The Morgan fingerprint density at radius 3 is 2.26 bits per heavy atom. The van der Waals surface area contributed by atoms with E-state index in [9.17, 15) is 14.4 Å². The molecule has 1 unspecified atom stereocenters. The molecule has 2 aromatic carbocycles. The Kier molecular flexibility index (Phi) is 10.9. The summed E-state index contributed by atoms with van der Waals surface area (Å²) < 4.78 is 13.6. The van der Waals surface area contributed by atoms with Crippen LogP contribution in [0.3, 0.4) is 0 Å². The summed E-state index contributed by atoms with van der Waals surface area (Å²) in [6, 6.07) is 15.1. The van der Waals surface area contributed by atoms with Crippen LogP contribution in [-0.2, 0) is 14.3 Å². The number of piperazine rings is 1. The summed E-state index contributed by atoms with van der Waals surface area (Å²) in [4.78, 5) is 54.4. The first-order valence-corrected chi connectivity index (χ1v) is 18.2. The standard InChI is InChI=1S/C38H48N6O5S/c1-25(2)49-37(47)34-26(3)39-38-44(35(34)28-9-11-29(12-10-28)40(4)5)36(46)32(50-38)23-27-7-13-31(14-8-27)48-24-33(45)43-17-15-30(16-18-43)42-21-19-41(6)20-22-42/h7-14,23,25,30,35H,15-22,24H2,1-6H3/b32-23-. The highest BCUT2D eigenvalue weighted by molar-refractivity contribution is 7.07. The minimum Gasteiger partial charge on any atom is -0.484 e. The number of hydrogen-bond acceptors (Lipinski definition) is 10. The van der Waals surface area contributed by atoms with Gasteiger partial charge in [-0.2, -0.15) is 0 Å². The Morgan fingerprint density at radius 1 is 0.980 bits per heavy atom. The number of anilines is 1. The fourth-order valence-electron chi connectivity index (χ4n) is 6.85. The molecule has 0 spiro atoms. The number of thiazole rings is 1. The van der Waals surface area contributed by atoms with Crippen molar-refractivity contribution in [1.29, 1.82) is 0 Å². The zero-order valence-electron chi connectivity index (χ0n) is 29.9. The van der Waals surface area contributed by atoms with Gasteiger partial charge in [-0.3, -0.25) is 19.1 Å². The lowest BCUT2D eigenvalue weighted by Crippen LogP contribution is -2.53. The van der Waals surface area contributed by atoms with Crippen LogP contribution < -0.4 is 24.5 Å². The molecular formula is C38H48N6O5S. The first-order chi connectivity index (χ1) is 24.0. The van der Waals surface area contributed by atoms with Gasteiger partial charge in [0.05, 0.1) is 27.9 Å². The third kappa shape index (κ3) is 7.87. The predicted octanol–water partition coefficient (Wildman–Crippen LogP) is 2.87. The minimum absolute atomic E-state index is 0.00450. The third-order valence-electron chi connectivity index (χ3n) is 9.72. The van der Waals surface area contributed by atoms with Gasteiger partial charge in [-0.25, -0.2) is 9.79 Å². The Labute approximate surface area is 297 Å². The molecule has 50 heavy (non-hydrogen) atoms. The maximum Gasteiger partial charge on any atom is 0.338 e. The summed E-state index contributed by atoms with van der Waals surface area (Å²) >= 11 is 1.29. The molecule has 12 heteroatoms. The second kappa shape index (κ2) is 15.3. The van der Waals surface area contributed by atoms with Crippen molar-refractivity contribution in [2.24, 2.45) is 4.99 Å². The van der Waals surface area contributed by atoms with Crippen LogP contribution in [0.5, 0.6) is 5.75 Å². The van der Waals surface area contributed by atoms with E-state index >= 15 is 0 Å². The van der Waals surface area contributed by atoms with Crippen LogP contribution in [0.1, 0.15) is 50.8 Å². The fraction of sp³-hybridized carbons (Fsp3) is 0.474. The molecule has 0 saturated carbocycles. The summed E-state index contributed by atoms with van der Waals surface area (Å²) in [6.07, 6.45) is 3.50. The Bertz CT molecular complexity index is 1900. The number of benzene rings is 2. The highest BCUT2D eigenvalue weighted by Gasteiger charge is 2.34. The molecule has 0 aliphatic carbocycles.